The van der Waals surface area contributed by atoms with Gasteiger partial charge in [0.05, 0.1) is 29.1 Å². The Morgan fingerprint density at radius 3 is 2.24 bits per heavy atom. The molecule has 21 nitrogen and oxygen atoms in total. The number of allylic oxidation sites excluding steroid dienone is 2. The number of aromatic nitrogens is 10. The highest BCUT2D eigenvalue weighted by atomic mass is 16.6. The number of nitrogens with two attached hydrogens (primary N) is 3. The van der Waals surface area contributed by atoms with Crippen molar-refractivity contribution in [3.8, 4) is 17.3 Å². The predicted octanol–water partition coefficient (Wildman–Crippen LogP) is 2.87. The molecule has 7 aromatic rings. The van der Waals surface area contributed by atoms with E-state index in [1.54, 1.807) is 47.6 Å². The number of nitrogens with one attached hydrogen (secondary N) is 1. The maximum absolute atomic E-state index is 13.6. The Hall–Kier alpha value is -7.52. The van der Waals surface area contributed by atoms with Crippen LogP contribution < -0.4 is 27.4 Å². The number of hydrogen-bond donors (Lipinski definition) is 4. The van der Waals surface area contributed by atoms with Crippen LogP contribution in [0.1, 0.15) is 62.9 Å². The molecule has 0 aliphatic heterocycles. The van der Waals surface area contributed by atoms with Gasteiger partial charge in [-0.15, -0.1) is 0 Å². The van der Waals surface area contributed by atoms with Crippen LogP contribution in [0.25, 0.3) is 44.6 Å². The molecule has 322 valence electrons. The number of carbonyl (C=O) groups is 4. The van der Waals surface area contributed by atoms with E-state index in [9.17, 15) is 19.2 Å². The predicted molar refractivity (Wildman–Crippen MR) is 229 cm³/mol. The molecule has 0 saturated heterocycles. The summed E-state index contributed by atoms with van der Waals surface area (Å²) < 4.78 is 13.5. The van der Waals surface area contributed by atoms with Gasteiger partial charge in [0.25, 0.3) is 5.91 Å². The van der Waals surface area contributed by atoms with E-state index in [0.29, 0.717) is 82.1 Å². The maximum Gasteiger partial charge on any atom is 0.276 e. The van der Waals surface area contributed by atoms with Crippen molar-refractivity contribution in [2.45, 2.75) is 60.3 Å². The molecule has 0 radical (unpaired) electrons. The number of nitrogens with zero attached hydrogens (tertiary/aromatic N) is 11. The maximum atomic E-state index is 13.6. The van der Waals surface area contributed by atoms with Gasteiger partial charge in [-0.3, -0.25) is 43.3 Å². The van der Waals surface area contributed by atoms with Crippen LogP contribution in [-0.2, 0) is 35.8 Å². The normalized spacial score (nSPS) is 11.6. The van der Waals surface area contributed by atoms with E-state index in [1.807, 2.05) is 48.2 Å². The fourth-order valence-corrected chi connectivity index (χ4v) is 7.18. The number of hydrogen-bond acceptors (Lipinski definition) is 13. The third-order valence-electron chi connectivity index (χ3n) is 10.2. The summed E-state index contributed by atoms with van der Waals surface area (Å²) in [6.07, 6.45) is 7.32. The molecule has 6 aromatic heterocycles. The highest BCUT2D eigenvalue weighted by molar-refractivity contribution is 6.12. The highest BCUT2D eigenvalue weighted by Crippen LogP contribution is 2.36. The molecule has 21 heteroatoms. The molecule has 6 heterocycles. The lowest BCUT2D eigenvalue weighted by Crippen LogP contribution is -2.32. The Morgan fingerprint density at radius 2 is 1.53 bits per heavy atom. The Balaban J connectivity index is 1.28. The summed E-state index contributed by atoms with van der Waals surface area (Å²) in [6, 6.07) is 8.42. The first kappa shape index (κ1) is 42.6. The molecule has 0 aliphatic carbocycles. The van der Waals surface area contributed by atoms with Crippen LogP contribution in [0.3, 0.4) is 0 Å². The topological polar surface area (TPSA) is 277 Å². The fraction of sp³-hybridized carbons (Fsp3) is 0.317. The van der Waals surface area contributed by atoms with Gasteiger partial charge in [-0.05, 0) is 64.4 Å². The number of pyridine rings is 1. The van der Waals surface area contributed by atoms with Gasteiger partial charge in [-0.2, -0.15) is 10.2 Å². The summed E-state index contributed by atoms with van der Waals surface area (Å²) in [5.41, 5.74) is 16.3. The number of anilines is 1. The standard InChI is InChI=1S/C41H47N15O6/c1-6-55-30(15-23(3)50-55)37-45-21-28-27-17-25(35(42)58)19-32(61-14-10-11-52(5)33(57)22-62-44)34(27)53(38(28)48-37)12-8-9-13-54-39-29(18-26(20-46-39)36(43)59)47-41(54)49-40(60)31-16-24(4)51-56(31)7-2/h8-9,15-21H,6-7,10-14,22,44H2,1-5H3,(H2,42,58)(H2,43,59)(H,47,49,60). The van der Waals surface area contributed by atoms with Gasteiger partial charge in [-0.25, -0.2) is 25.8 Å². The van der Waals surface area contributed by atoms with E-state index in [-0.39, 0.29) is 49.3 Å². The lowest BCUT2D eigenvalue weighted by Gasteiger charge is -2.17. The molecule has 4 amide bonds. The van der Waals surface area contributed by atoms with E-state index in [0.717, 1.165) is 11.4 Å². The SMILES string of the molecule is CCn1nc(C)cc1C(=O)Nc1nc2cc(C(N)=O)cnc2n1CC=CCn1c2nc(-c3cc(C)nn3CC)ncc2c2cc(C(N)=O)cc(OCCCN(C)C(=O)CON)c21. The van der Waals surface area contributed by atoms with Crippen molar-refractivity contribution >= 4 is 62.7 Å². The minimum Gasteiger partial charge on any atom is -0.491 e. The Bertz CT molecular complexity index is 2890. The second-order valence-corrected chi connectivity index (χ2v) is 14.5. The summed E-state index contributed by atoms with van der Waals surface area (Å²) in [5, 5.41) is 13.2. The minimum absolute atomic E-state index is 0.166. The summed E-state index contributed by atoms with van der Waals surface area (Å²) in [6.45, 7) is 9.41. The molecule has 0 fully saturated rings. The smallest absolute Gasteiger partial charge is 0.276 e. The zero-order chi connectivity index (χ0) is 44.2. The van der Waals surface area contributed by atoms with Crippen LogP contribution in [-0.4, -0.2) is 104 Å². The largest absolute Gasteiger partial charge is 0.491 e. The first-order valence-corrected chi connectivity index (χ1v) is 19.8. The second kappa shape index (κ2) is 18.0. The fourth-order valence-electron chi connectivity index (χ4n) is 7.18. The molecule has 0 unspecified atom stereocenters. The average Bonchev–Trinajstić information content (AvgIpc) is 4.01. The highest BCUT2D eigenvalue weighted by Gasteiger charge is 2.23. The molecule has 0 aliphatic rings. The van der Waals surface area contributed by atoms with Gasteiger partial charge >= 0.3 is 0 Å². The molecule has 0 bridgehead atoms. The van der Waals surface area contributed by atoms with Crippen LogP contribution in [0.4, 0.5) is 5.95 Å². The quantitative estimate of drug-likeness (QED) is 0.0550. The number of rotatable bonds is 18. The first-order valence-electron chi connectivity index (χ1n) is 19.8. The summed E-state index contributed by atoms with van der Waals surface area (Å²) >= 11 is 0. The van der Waals surface area contributed by atoms with Crippen molar-refractivity contribution in [3.05, 3.63) is 83.1 Å². The monoisotopic (exact) mass is 845 g/mol. The minimum atomic E-state index is -0.666. The van der Waals surface area contributed by atoms with Crippen LogP contribution in [0.2, 0.25) is 0 Å². The lowest BCUT2D eigenvalue weighted by molar-refractivity contribution is -0.135. The third-order valence-corrected chi connectivity index (χ3v) is 10.2. The molecule has 0 atom stereocenters. The van der Waals surface area contributed by atoms with Gasteiger partial charge in [0.1, 0.15) is 34.9 Å². The molecule has 1 aromatic carbocycles. The van der Waals surface area contributed by atoms with E-state index in [1.165, 1.54) is 17.2 Å². The van der Waals surface area contributed by atoms with E-state index in [4.69, 9.17) is 32.1 Å². The number of primary amides is 2. The molecular weight excluding hydrogens is 799 g/mol. The average molecular weight is 846 g/mol. The Morgan fingerprint density at radius 1 is 0.823 bits per heavy atom. The van der Waals surface area contributed by atoms with E-state index < -0.39 is 17.7 Å². The Labute approximate surface area is 354 Å². The lowest BCUT2D eigenvalue weighted by atomic mass is 10.1. The van der Waals surface area contributed by atoms with Crippen molar-refractivity contribution in [2.75, 3.05) is 32.1 Å². The molecule has 7 rings (SSSR count). The van der Waals surface area contributed by atoms with Crippen molar-refractivity contribution in [2.24, 2.45) is 17.4 Å². The van der Waals surface area contributed by atoms with Gasteiger partial charge in [0.2, 0.25) is 23.7 Å². The van der Waals surface area contributed by atoms with E-state index in [2.05, 4.69) is 30.3 Å². The number of ether oxygens (including phenoxy) is 1. The molecule has 0 spiro atoms. The van der Waals surface area contributed by atoms with Crippen molar-refractivity contribution in [1.82, 2.24) is 53.5 Å². The molecular formula is C41H47N15O6. The number of amides is 4. The molecule has 62 heavy (non-hydrogen) atoms. The molecule has 7 N–H and O–H groups in total. The van der Waals surface area contributed by atoms with Crippen LogP contribution >= 0.6 is 0 Å². The number of likely N-dealkylation sites (N-methyl/N-ethyl adjacent to an activating group) is 1. The zero-order valence-corrected chi connectivity index (χ0v) is 35.0. The summed E-state index contributed by atoms with van der Waals surface area (Å²) in [5.74, 6) is 4.08. The zero-order valence-electron chi connectivity index (χ0n) is 35.0. The Kier molecular flexibility index (Phi) is 12.4. The van der Waals surface area contributed by atoms with Crippen LogP contribution in [0.5, 0.6) is 5.75 Å². The number of fused-ring (bicyclic) bond motifs is 4. The third kappa shape index (κ3) is 8.56. The number of benzene rings is 1. The second-order valence-electron chi connectivity index (χ2n) is 14.5. The van der Waals surface area contributed by atoms with Gasteiger partial charge < -0.3 is 25.7 Å². The number of carbonyl (C=O) groups excluding carboxylic acids is 4. The number of imidazole rings is 1. The van der Waals surface area contributed by atoms with Gasteiger partial charge in [0.15, 0.2) is 11.5 Å². The summed E-state index contributed by atoms with van der Waals surface area (Å²) in [7, 11) is 1.64. The van der Waals surface area contributed by atoms with Crippen LogP contribution in [0, 0.1) is 13.8 Å². The first-order chi connectivity index (χ1) is 29.8. The number of aryl methyl sites for hydroxylation is 4. The van der Waals surface area contributed by atoms with Crippen molar-refractivity contribution < 1.29 is 28.8 Å². The van der Waals surface area contributed by atoms with Crippen LogP contribution in [0.15, 0.2) is 54.9 Å². The van der Waals surface area contributed by atoms with Crippen molar-refractivity contribution in [3.63, 3.8) is 0 Å². The van der Waals surface area contributed by atoms with Crippen molar-refractivity contribution in [1.29, 1.82) is 0 Å². The van der Waals surface area contributed by atoms with E-state index >= 15 is 0 Å². The van der Waals surface area contributed by atoms with Gasteiger partial charge in [0, 0.05) is 68.5 Å². The summed E-state index contributed by atoms with van der Waals surface area (Å²) in [4.78, 5) is 75.4. The molecule has 0 saturated carbocycles. The van der Waals surface area contributed by atoms with Gasteiger partial charge in [-0.1, -0.05) is 12.2 Å².